The Morgan fingerprint density at radius 1 is 1.43 bits per heavy atom. The van der Waals surface area contributed by atoms with Gasteiger partial charge in [-0.3, -0.25) is 9.59 Å². The van der Waals surface area contributed by atoms with Crippen LogP contribution in [-0.2, 0) is 4.79 Å². The minimum atomic E-state index is -0.208. The number of aliphatic hydroxyl groups excluding tert-OH is 1. The fourth-order valence-corrected chi connectivity index (χ4v) is 3.25. The number of aliphatic hydroxyl groups is 1. The molecule has 1 saturated heterocycles. The fraction of sp³-hybridized carbons (Fsp3) is 0.600. The second kappa shape index (κ2) is 7.04. The normalized spacial score (nSPS) is 17.5. The minimum absolute atomic E-state index is 0.0310. The zero-order valence-corrected chi connectivity index (χ0v) is 13.1. The van der Waals surface area contributed by atoms with Gasteiger partial charge in [-0.2, -0.15) is 11.3 Å². The van der Waals surface area contributed by atoms with E-state index in [1.807, 2.05) is 5.38 Å². The van der Waals surface area contributed by atoms with Crippen molar-refractivity contribution in [2.75, 3.05) is 26.2 Å². The molecule has 1 fully saturated rings. The van der Waals surface area contributed by atoms with Gasteiger partial charge >= 0.3 is 0 Å². The van der Waals surface area contributed by atoms with Crippen LogP contribution in [0, 0.1) is 5.41 Å². The number of thiophene rings is 1. The maximum Gasteiger partial charge on any atom is 0.252 e. The van der Waals surface area contributed by atoms with E-state index in [0.717, 1.165) is 19.3 Å². The molecule has 0 atom stereocenters. The molecule has 2 amide bonds. The highest BCUT2D eigenvalue weighted by atomic mass is 32.1. The van der Waals surface area contributed by atoms with Gasteiger partial charge in [-0.1, -0.05) is 6.92 Å². The highest BCUT2D eigenvalue weighted by Gasteiger charge is 2.33. The second-order valence-corrected chi connectivity index (χ2v) is 6.37. The predicted octanol–water partition coefficient (Wildman–Crippen LogP) is 1.49. The van der Waals surface area contributed by atoms with Crippen LogP contribution >= 0.6 is 11.3 Å². The summed E-state index contributed by atoms with van der Waals surface area (Å²) in [5, 5.41) is 15.7. The number of nitrogens with zero attached hydrogens (tertiary/aromatic N) is 1. The van der Waals surface area contributed by atoms with E-state index in [-0.39, 0.29) is 30.4 Å². The SMILES string of the molecule is CCC1(CO)CCN(C(=O)CNC(=O)c2ccsc2)CC1. The van der Waals surface area contributed by atoms with Gasteiger partial charge in [0.25, 0.3) is 5.91 Å². The molecule has 21 heavy (non-hydrogen) atoms. The van der Waals surface area contributed by atoms with Crippen molar-refractivity contribution < 1.29 is 14.7 Å². The van der Waals surface area contributed by atoms with Crippen molar-refractivity contribution in [3.05, 3.63) is 22.4 Å². The van der Waals surface area contributed by atoms with E-state index >= 15 is 0 Å². The minimum Gasteiger partial charge on any atom is -0.396 e. The topological polar surface area (TPSA) is 69.6 Å². The molecule has 116 valence electrons. The third kappa shape index (κ3) is 3.83. The van der Waals surface area contributed by atoms with Gasteiger partial charge in [-0.05, 0) is 36.1 Å². The van der Waals surface area contributed by atoms with Crippen molar-refractivity contribution in [2.45, 2.75) is 26.2 Å². The van der Waals surface area contributed by atoms with E-state index < -0.39 is 0 Å². The Morgan fingerprint density at radius 3 is 2.67 bits per heavy atom. The number of amides is 2. The smallest absolute Gasteiger partial charge is 0.252 e. The maximum absolute atomic E-state index is 12.1. The quantitative estimate of drug-likeness (QED) is 0.865. The van der Waals surface area contributed by atoms with Crippen LogP contribution in [0.5, 0.6) is 0 Å². The van der Waals surface area contributed by atoms with Crippen molar-refractivity contribution >= 4 is 23.2 Å². The molecule has 0 aliphatic carbocycles. The summed E-state index contributed by atoms with van der Waals surface area (Å²) in [6.45, 7) is 3.60. The average Bonchev–Trinajstić information content (AvgIpc) is 3.07. The largest absolute Gasteiger partial charge is 0.396 e. The molecule has 1 aliphatic heterocycles. The van der Waals surface area contributed by atoms with Crippen LogP contribution in [0.1, 0.15) is 36.5 Å². The van der Waals surface area contributed by atoms with Crippen molar-refractivity contribution in [3.63, 3.8) is 0 Å². The predicted molar refractivity (Wildman–Crippen MR) is 82.3 cm³/mol. The molecule has 1 aromatic heterocycles. The molecule has 2 rings (SSSR count). The second-order valence-electron chi connectivity index (χ2n) is 5.59. The lowest BCUT2D eigenvalue weighted by atomic mass is 9.77. The molecule has 0 radical (unpaired) electrons. The van der Waals surface area contributed by atoms with Gasteiger partial charge in [0, 0.05) is 30.6 Å². The molecule has 1 aliphatic rings. The number of hydrogen-bond acceptors (Lipinski definition) is 4. The number of rotatable bonds is 5. The Kier molecular flexibility index (Phi) is 5.36. The molecule has 0 spiro atoms. The Morgan fingerprint density at radius 2 is 2.14 bits per heavy atom. The van der Waals surface area contributed by atoms with Crippen LogP contribution in [0.2, 0.25) is 0 Å². The lowest BCUT2D eigenvalue weighted by Crippen LogP contribution is -2.47. The van der Waals surface area contributed by atoms with Crippen molar-refractivity contribution in [1.29, 1.82) is 0 Å². The van der Waals surface area contributed by atoms with E-state index in [2.05, 4.69) is 12.2 Å². The van der Waals surface area contributed by atoms with E-state index in [1.54, 1.807) is 16.3 Å². The first-order valence-electron chi connectivity index (χ1n) is 7.29. The summed E-state index contributed by atoms with van der Waals surface area (Å²) in [4.78, 5) is 25.7. The summed E-state index contributed by atoms with van der Waals surface area (Å²) in [7, 11) is 0. The van der Waals surface area contributed by atoms with Gasteiger partial charge in [0.1, 0.15) is 0 Å². The lowest BCUT2D eigenvalue weighted by molar-refractivity contribution is -0.133. The van der Waals surface area contributed by atoms with Crippen LogP contribution < -0.4 is 5.32 Å². The highest BCUT2D eigenvalue weighted by Crippen LogP contribution is 2.34. The van der Waals surface area contributed by atoms with Gasteiger partial charge in [-0.25, -0.2) is 0 Å². The Hall–Kier alpha value is -1.40. The summed E-state index contributed by atoms with van der Waals surface area (Å²) >= 11 is 1.46. The maximum atomic E-state index is 12.1. The third-order valence-corrected chi connectivity index (χ3v) is 5.13. The van der Waals surface area contributed by atoms with Crippen molar-refractivity contribution in [1.82, 2.24) is 10.2 Å². The van der Waals surface area contributed by atoms with Crippen LogP contribution in [-0.4, -0.2) is 48.1 Å². The molecule has 2 N–H and O–H groups in total. The molecular formula is C15H22N2O3S. The van der Waals surface area contributed by atoms with Crippen LogP contribution in [0.15, 0.2) is 16.8 Å². The summed E-state index contributed by atoms with van der Waals surface area (Å²) in [5.74, 6) is -0.263. The molecular weight excluding hydrogens is 288 g/mol. The summed E-state index contributed by atoms with van der Waals surface area (Å²) in [6.07, 6.45) is 2.58. The van der Waals surface area contributed by atoms with Crippen LogP contribution in [0.4, 0.5) is 0 Å². The van der Waals surface area contributed by atoms with E-state index in [4.69, 9.17) is 0 Å². The van der Waals surface area contributed by atoms with Gasteiger partial charge in [0.15, 0.2) is 0 Å². The molecule has 0 saturated carbocycles. The van der Waals surface area contributed by atoms with Crippen molar-refractivity contribution in [3.8, 4) is 0 Å². The number of nitrogens with one attached hydrogen (secondary N) is 1. The third-order valence-electron chi connectivity index (χ3n) is 4.45. The number of likely N-dealkylation sites (tertiary alicyclic amines) is 1. The molecule has 0 unspecified atom stereocenters. The van der Waals surface area contributed by atoms with E-state index in [9.17, 15) is 14.7 Å². The van der Waals surface area contributed by atoms with Crippen molar-refractivity contribution in [2.24, 2.45) is 5.41 Å². The molecule has 0 bridgehead atoms. The molecule has 2 heterocycles. The van der Waals surface area contributed by atoms with Gasteiger partial charge in [0.05, 0.1) is 6.54 Å². The zero-order chi connectivity index (χ0) is 15.3. The fourth-order valence-electron chi connectivity index (χ4n) is 2.62. The van der Waals surface area contributed by atoms with Crippen LogP contribution in [0.25, 0.3) is 0 Å². The average molecular weight is 310 g/mol. The molecule has 5 nitrogen and oxygen atoms in total. The number of carbonyl (C=O) groups excluding carboxylic acids is 2. The summed E-state index contributed by atoms with van der Waals surface area (Å²) in [6, 6.07) is 1.74. The first-order valence-corrected chi connectivity index (χ1v) is 8.23. The Labute approximate surface area is 129 Å². The van der Waals surface area contributed by atoms with E-state index in [0.29, 0.717) is 18.7 Å². The molecule has 6 heteroatoms. The lowest BCUT2D eigenvalue weighted by Gasteiger charge is -2.40. The molecule has 0 aromatic carbocycles. The Balaban J connectivity index is 1.79. The van der Waals surface area contributed by atoms with Gasteiger partial charge in [-0.15, -0.1) is 0 Å². The monoisotopic (exact) mass is 310 g/mol. The number of piperidine rings is 1. The molecule has 1 aromatic rings. The standard InChI is InChI=1S/C15H22N2O3S/c1-2-15(11-18)4-6-17(7-5-15)13(19)9-16-14(20)12-3-8-21-10-12/h3,8,10,18H,2,4-7,9,11H2,1H3,(H,16,20). The number of carbonyl (C=O) groups is 2. The zero-order valence-electron chi connectivity index (χ0n) is 12.3. The summed E-state index contributed by atoms with van der Waals surface area (Å²) < 4.78 is 0. The number of hydrogen-bond donors (Lipinski definition) is 2. The highest BCUT2D eigenvalue weighted by molar-refractivity contribution is 7.08. The first-order chi connectivity index (χ1) is 10.1. The summed E-state index contributed by atoms with van der Waals surface area (Å²) in [5.41, 5.74) is 0.563. The first kappa shape index (κ1) is 16.0. The van der Waals surface area contributed by atoms with Gasteiger partial charge in [0.2, 0.25) is 5.91 Å². The van der Waals surface area contributed by atoms with E-state index in [1.165, 1.54) is 11.3 Å². The van der Waals surface area contributed by atoms with Gasteiger partial charge < -0.3 is 15.3 Å². The Bertz CT molecular complexity index is 473. The van der Waals surface area contributed by atoms with Crippen LogP contribution in [0.3, 0.4) is 0 Å².